The van der Waals surface area contributed by atoms with E-state index in [9.17, 15) is 15.0 Å². The molecular weight excluding hydrogens is 366 g/mol. The fourth-order valence-electron chi connectivity index (χ4n) is 3.24. The summed E-state index contributed by atoms with van der Waals surface area (Å²) in [5.41, 5.74) is 6.98. The number of hydrazone groups is 1. The Kier molecular flexibility index (Phi) is 4.75. The van der Waals surface area contributed by atoms with Gasteiger partial charge in [-0.05, 0) is 36.8 Å². The molecule has 4 aromatic rings. The van der Waals surface area contributed by atoms with Crippen LogP contribution in [0.3, 0.4) is 0 Å². The Morgan fingerprint density at radius 2 is 1.83 bits per heavy atom. The third-order valence-corrected chi connectivity index (χ3v) is 4.63. The van der Waals surface area contributed by atoms with Gasteiger partial charge in [0.25, 0.3) is 5.91 Å². The SMILES string of the molecule is Cc1ccc2[nH]c(C(=O)NN=Cc3ccc(O)cc3O)c(-c3ccccc3)c2c1. The van der Waals surface area contributed by atoms with Crippen LogP contribution >= 0.6 is 0 Å². The summed E-state index contributed by atoms with van der Waals surface area (Å²) in [4.78, 5) is 16.1. The number of aromatic hydroxyl groups is 2. The molecule has 1 aromatic heterocycles. The number of rotatable bonds is 4. The topological polar surface area (TPSA) is 97.7 Å². The van der Waals surface area contributed by atoms with Crippen LogP contribution in [-0.4, -0.2) is 27.3 Å². The smallest absolute Gasteiger partial charge is 0.288 e. The van der Waals surface area contributed by atoms with Crippen molar-refractivity contribution in [3.63, 3.8) is 0 Å². The molecule has 6 heteroatoms. The van der Waals surface area contributed by atoms with Gasteiger partial charge in [-0.3, -0.25) is 4.79 Å². The summed E-state index contributed by atoms with van der Waals surface area (Å²) in [7, 11) is 0. The number of aromatic nitrogens is 1. The number of aryl methyl sites for hydroxylation is 1. The number of benzene rings is 3. The van der Waals surface area contributed by atoms with Crippen molar-refractivity contribution >= 4 is 23.0 Å². The lowest BCUT2D eigenvalue weighted by molar-refractivity contribution is 0.0951. The standard InChI is InChI=1S/C23H19N3O3/c1-14-7-10-19-18(11-14)21(15-5-3-2-4-6-15)22(25-19)23(29)26-24-13-16-8-9-17(27)12-20(16)28/h2-13,25,27-28H,1H3,(H,26,29). The molecule has 0 aliphatic rings. The molecule has 0 saturated carbocycles. The van der Waals surface area contributed by atoms with Crippen LogP contribution in [0.5, 0.6) is 11.5 Å². The number of nitrogens with zero attached hydrogens (tertiary/aromatic N) is 1. The molecule has 0 fully saturated rings. The minimum absolute atomic E-state index is 0.0513. The summed E-state index contributed by atoms with van der Waals surface area (Å²) in [6.45, 7) is 2.01. The number of H-pyrrole nitrogens is 1. The normalized spacial score (nSPS) is 11.2. The quantitative estimate of drug-likeness (QED) is 0.311. The highest BCUT2D eigenvalue weighted by atomic mass is 16.3. The summed E-state index contributed by atoms with van der Waals surface area (Å²) in [6.07, 6.45) is 1.32. The van der Waals surface area contributed by atoms with E-state index in [0.717, 1.165) is 27.6 Å². The Bertz CT molecular complexity index is 1230. The van der Waals surface area contributed by atoms with Crippen molar-refractivity contribution in [2.75, 3.05) is 0 Å². The first kappa shape index (κ1) is 18.3. The molecule has 1 amide bonds. The summed E-state index contributed by atoms with van der Waals surface area (Å²) >= 11 is 0. The van der Waals surface area contributed by atoms with E-state index in [1.54, 1.807) is 0 Å². The zero-order valence-corrected chi connectivity index (χ0v) is 15.7. The van der Waals surface area contributed by atoms with Gasteiger partial charge in [0.1, 0.15) is 17.2 Å². The van der Waals surface area contributed by atoms with Crippen molar-refractivity contribution in [3.05, 3.63) is 83.6 Å². The van der Waals surface area contributed by atoms with Crippen LogP contribution in [0.4, 0.5) is 0 Å². The maximum Gasteiger partial charge on any atom is 0.288 e. The molecule has 1 heterocycles. The van der Waals surface area contributed by atoms with Crippen LogP contribution in [-0.2, 0) is 0 Å². The second-order valence-electron chi connectivity index (χ2n) is 6.73. The summed E-state index contributed by atoms with van der Waals surface area (Å²) in [5, 5.41) is 24.1. The van der Waals surface area contributed by atoms with Gasteiger partial charge in [-0.15, -0.1) is 0 Å². The van der Waals surface area contributed by atoms with Gasteiger partial charge in [0.2, 0.25) is 0 Å². The van der Waals surface area contributed by atoms with Gasteiger partial charge in [-0.1, -0.05) is 42.0 Å². The predicted molar refractivity (Wildman–Crippen MR) is 113 cm³/mol. The molecule has 0 aliphatic carbocycles. The van der Waals surface area contributed by atoms with Gasteiger partial charge < -0.3 is 15.2 Å². The van der Waals surface area contributed by atoms with Crippen molar-refractivity contribution in [1.29, 1.82) is 0 Å². The Morgan fingerprint density at radius 1 is 1.03 bits per heavy atom. The van der Waals surface area contributed by atoms with Crippen LogP contribution in [0, 0.1) is 6.92 Å². The molecule has 0 saturated heterocycles. The maximum absolute atomic E-state index is 12.9. The highest BCUT2D eigenvalue weighted by Crippen LogP contribution is 2.33. The molecule has 0 atom stereocenters. The molecule has 29 heavy (non-hydrogen) atoms. The summed E-state index contributed by atoms with van der Waals surface area (Å²) in [5.74, 6) is -0.578. The summed E-state index contributed by atoms with van der Waals surface area (Å²) < 4.78 is 0. The van der Waals surface area contributed by atoms with Gasteiger partial charge in [-0.25, -0.2) is 5.43 Å². The molecule has 144 valence electrons. The van der Waals surface area contributed by atoms with Gasteiger partial charge in [0, 0.05) is 28.1 Å². The lowest BCUT2D eigenvalue weighted by Gasteiger charge is -2.05. The fourth-order valence-corrected chi connectivity index (χ4v) is 3.24. The van der Waals surface area contributed by atoms with Gasteiger partial charge in [-0.2, -0.15) is 5.10 Å². The number of aromatic amines is 1. The van der Waals surface area contributed by atoms with Crippen molar-refractivity contribution in [3.8, 4) is 22.6 Å². The van der Waals surface area contributed by atoms with Crippen LogP contribution in [0.1, 0.15) is 21.6 Å². The lowest BCUT2D eigenvalue weighted by Crippen LogP contribution is -2.18. The third kappa shape index (κ3) is 3.68. The molecule has 3 aromatic carbocycles. The molecule has 0 bridgehead atoms. The number of fused-ring (bicyclic) bond motifs is 1. The number of carbonyl (C=O) groups is 1. The van der Waals surface area contributed by atoms with Crippen LogP contribution in [0.2, 0.25) is 0 Å². The number of phenols is 2. The van der Waals surface area contributed by atoms with Gasteiger partial charge in [0.15, 0.2) is 0 Å². The Morgan fingerprint density at radius 3 is 2.59 bits per heavy atom. The Hall–Kier alpha value is -4.06. The third-order valence-electron chi connectivity index (χ3n) is 4.63. The lowest BCUT2D eigenvalue weighted by atomic mass is 10.0. The molecule has 0 spiro atoms. The molecule has 0 radical (unpaired) electrons. The monoisotopic (exact) mass is 385 g/mol. The van der Waals surface area contributed by atoms with E-state index in [1.807, 2.05) is 55.5 Å². The van der Waals surface area contributed by atoms with E-state index in [-0.39, 0.29) is 11.5 Å². The second-order valence-corrected chi connectivity index (χ2v) is 6.73. The van der Waals surface area contributed by atoms with E-state index >= 15 is 0 Å². The second kappa shape index (κ2) is 7.52. The van der Waals surface area contributed by atoms with Crippen LogP contribution in [0.25, 0.3) is 22.0 Å². The average Bonchev–Trinajstić information content (AvgIpc) is 3.09. The largest absolute Gasteiger partial charge is 0.508 e. The first-order chi connectivity index (χ1) is 14.0. The number of phenolic OH excluding ortho intramolecular Hbond substituents is 2. The minimum Gasteiger partial charge on any atom is -0.508 e. The van der Waals surface area contributed by atoms with Crippen molar-refractivity contribution in [2.24, 2.45) is 5.10 Å². The molecule has 6 nitrogen and oxygen atoms in total. The van der Waals surface area contributed by atoms with E-state index in [4.69, 9.17) is 0 Å². The average molecular weight is 385 g/mol. The zero-order valence-electron chi connectivity index (χ0n) is 15.7. The van der Waals surface area contributed by atoms with E-state index in [2.05, 4.69) is 15.5 Å². The van der Waals surface area contributed by atoms with Gasteiger partial charge >= 0.3 is 0 Å². The number of carbonyl (C=O) groups excluding carboxylic acids is 1. The number of amides is 1. The fraction of sp³-hybridized carbons (Fsp3) is 0.0435. The number of nitrogens with one attached hydrogen (secondary N) is 2. The first-order valence-corrected chi connectivity index (χ1v) is 9.06. The van der Waals surface area contributed by atoms with E-state index in [0.29, 0.717) is 11.3 Å². The zero-order chi connectivity index (χ0) is 20.4. The van der Waals surface area contributed by atoms with E-state index < -0.39 is 5.91 Å². The first-order valence-electron chi connectivity index (χ1n) is 9.06. The van der Waals surface area contributed by atoms with Crippen LogP contribution in [0.15, 0.2) is 71.8 Å². The van der Waals surface area contributed by atoms with E-state index in [1.165, 1.54) is 24.4 Å². The van der Waals surface area contributed by atoms with Crippen molar-refractivity contribution in [1.82, 2.24) is 10.4 Å². The molecular formula is C23H19N3O3. The number of hydrogen-bond acceptors (Lipinski definition) is 4. The van der Waals surface area contributed by atoms with Gasteiger partial charge in [0.05, 0.1) is 6.21 Å². The van der Waals surface area contributed by atoms with Crippen LogP contribution < -0.4 is 5.43 Å². The molecule has 0 unspecified atom stereocenters. The molecule has 4 N–H and O–H groups in total. The Labute approximate surface area is 167 Å². The van der Waals surface area contributed by atoms with Crippen molar-refractivity contribution < 1.29 is 15.0 Å². The Balaban J connectivity index is 1.69. The molecule has 4 rings (SSSR count). The van der Waals surface area contributed by atoms with Crippen molar-refractivity contribution in [2.45, 2.75) is 6.92 Å². The maximum atomic E-state index is 12.9. The summed E-state index contributed by atoms with van der Waals surface area (Å²) in [6, 6.07) is 19.8. The highest BCUT2D eigenvalue weighted by molar-refractivity contribution is 6.10. The number of hydrogen-bond donors (Lipinski definition) is 4. The predicted octanol–water partition coefficient (Wildman–Crippen LogP) is 4.32. The minimum atomic E-state index is -0.396. The molecule has 0 aliphatic heterocycles. The highest BCUT2D eigenvalue weighted by Gasteiger charge is 2.19.